The third kappa shape index (κ3) is 1.10. The van der Waals surface area contributed by atoms with Crippen LogP contribution in [0.2, 0.25) is 0 Å². The summed E-state index contributed by atoms with van der Waals surface area (Å²) >= 11 is 2.26. The average molecular weight is 274 g/mol. The molecule has 0 N–H and O–H groups in total. The van der Waals surface area contributed by atoms with E-state index in [1.54, 1.807) is 13.3 Å². The highest BCUT2D eigenvalue weighted by Gasteiger charge is 2.14. The van der Waals surface area contributed by atoms with Crippen LogP contribution < -0.4 is 4.74 Å². The Hall–Kier alpha value is -0.650. The Balaban J connectivity index is 2.57. The lowest BCUT2D eigenvalue weighted by molar-refractivity contribution is 0.409. The van der Waals surface area contributed by atoms with Gasteiger partial charge in [-0.15, -0.1) is 0 Å². The number of pyridine rings is 1. The first-order valence-corrected chi connectivity index (χ1v) is 4.64. The average Bonchev–Trinajstić information content (AvgIpc) is 2.53. The lowest BCUT2D eigenvalue weighted by atomic mass is 10.2. The lowest BCUT2D eigenvalue weighted by Gasteiger charge is -2.05. The van der Waals surface area contributed by atoms with Crippen molar-refractivity contribution in [3.63, 3.8) is 0 Å². The molecule has 0 amide bonds. The number of halogens is 1. The summed E-state index contributed by atoms with van der Waals surface area (Å²) in [5, 5.41) is 0. The van der Waals surface area contributed by atoms with Crippen molar-refractivity contribution in [3.8, 4) is 5.75 Å². The van der Waals surface area contributed by atoms with E-state index in [0.717, 1.165) is 21.6 Å². The fourth-order valence-electron chi connectivity index (χ4n) is 1.16. The molecule has 0 bridgehead atoms. The zero-order valence-electron chi connectivity index (χ0n) is 6.54. The van der Waals surface area contributed by atoms with E-state index >= 15 is 0 Å². The van der Waals surface area contributed by atoms with E-state index < -0.39 is 0 Å². The number of hydrogen-bond acceptors (Lipinski definition) is 3. The third-order valence-electron chi connectivity index (χ3n) is 1.78. The zero-order chi connectivity index (χ0) is 8.55. The van der Waals surface area contributed by atoms with Gasteiger partial charge in [0, 0.05) is 18.2 Å². The first-order chi connectivity index (χ1) is 5.83. The second kappa shape index (κ2) is 3.01. The molecule has 0 saturated carbocycles. The van der Waals surface area contributed by atoms with Crippen LogP contribution in [0.3, 0.4) is 0 Å². The van der Waals surface area contributed by atoms with Gasteiger partial charge in [-0.25, -0.2) is 9.98 Å². The maximum atomic E-state index is 5.14. The molecule has 3 nitrogen and oxygen atoms in total. The number of aromatic nitrogens is 1. The summed E-state index contributed by atoms with van der Waals surface area (Å²) in [4.78, 5) is 8.30. The van der Waals surface area contributed by atoms with Crippen LogP contribution in [-0.4, -0.2) is 18.3 Å². The summed E-state index contributed by atoms with van der Waals surface area (Å²) in [6.07, 6.45) is 4.46. The zero-order valence-corrected chi connectivity index (χ0v) is 8.70. The summed E-state index contributed by atoms with van der Waals surface area (Å²) in [6, 6.07) is 0. The van der Waals surface area contributed by atoms with Crippen LogP contribution in [0.1, 0.15) is 5.56 Å². The Morgan fingerprint density at radius 1 is 1.58 bits per heavy atom. The minimum atomic E-state index is 0.833. The molecule has 2 heterocycles. The van der Waals surface area contributed by atoms with Gasteiger partial charge in [0.1, 0.15) is 0 Å². The number of hydrogen-bond donors (Lipinski definition) is 0. The van der Waals surface area contributed by atoms with Crippen molar-refractivity contribution in [1.82, 2.24) is 4.98 Å². The van der Waals surface area contributed by atoms with Gasteiger partial charge in [0.15, 0.2) is 11.6 Å². The quantitative estimate of drug-likeness (QED) is 0.733. The van der Waals surface area contributed by atoms with Crippen LogP contribution >= 0.6 is 22.6 Å². The standard InChI is InChI=1S/C8H7IN2O/c1-12-6-4-11-8-5(7(6)9)2-3-10-8/h3-4H,2H2,1H3. The van der Waals surface area contributed by atoms with Gasteiger partial charge in [-0.05, 0) is 22.6 Å². The molecule has 0 fully saturated rings. The highest BCUT2D eigenvalue weighted by molar-refractivity contribution is 14.1. The molecule has 1 aromatic heterocycles. The maximum Gasteiger partial charge on any atom is 0.156 e. The Morgan fingerprint density at radius 3 is 3.17 bits per heavy atom. The normalized spacial score (nSPS) is 13.2. The van der Waals surface area contributed by atoms with Crippen molar-refractivity contribution >= 4 is 34.6 Å². The van der Waals surface area contributed by atoms with Crippen LogP contribution in [0.5, 0.6) is 5.75 Å². The molecule has 0 spiro atoms. The molecule has 0 aliphatic carbocycles. The highest BCUT2D eigenvalue weighted by atomic mass is 127. The van der Waals surface area contributed by atoms with Crippen LogP contribution in [0.25, 0.3) is 0 Å². The molecular weight excluding hydrogens is 267 g/mol. The van der Waals surface area contributed by atoms with E-state index in [9.17, 15) is 0 Å². The first-order valence-electron chi connectivity index (χ1n) is 3.57. The van der Waals surface area contributed by atoms with E-state index in [4.69, 9.17) is 4.74 Å². The number of nitrogens with zero attached hydrogens (tertiary/aromatic N) is 2. The smallest absolute Gasteiger partial charge is 0.156 e. The Labute approximate surface area is 84.0 Å². The van der Waals surface area contributed by atoms with Gasteiger partial charge in [0.2, 0.25) is 0 Å². The van der Waals surface area contributed by atoms with Gasteiger partial charge in [-0.2, -0.15) is 0 Å². The van der Waals surface area contributed by atoms with E-state index in [1.165, 1.54) is 5.56 Å². The van der Waals surface area contributed by atoms with E-state index in [0.29, 0.717) is 0 Å². The highest BCUT2D eigenvalue weighted by Crippen LogP contribution is 2.31. The minimum absolute atomic E-state index is 0.833. The van der Waals surface area contributed by atoms with Crippen molar-refractivity contribution in [3.05, 3.63) is 15.3 Å². The SMILES string of the molecule is COc1cnc2c(c1I)CC=N2. The van der Waals surface area contributed by atoms with Gasteiger partial charge < -0.3 is 4.74 Å². The van der Waals surface area contributed by atoms with Gasteiger partial charge in [-0.3, -0.25) is 0 Å². The van der Waals surface area contributed by atoms with Crippen LogP contribution in [-0.2, 0) is 6.42 Å². The van der Waals surface area contributed by atoms with Crippen LogP contribution in [0.4, 0.5) is 5.82 Å². The monoisotopic (exact) mass is 274 g/mol. The Morgan fingerprint density at radius 2 is 2.42 bits per heavy atom. The largest absolute Gasteiger partial charge is 0.494 e. The number of methoxy groups -OCH3 is 1. The molecule has 1 aromatic rings. The van der Waals surface area contributed by atoms with Crippen molar-refractivity contribution < 1.29 is 4.74 Å². The first kappa shape index (κ1) is 7.97. The summed E-state index contributed by atoms with van der Waals surface area (Å²) in [7, 11) is 1.65. The van der Waals surface area contributed by atoms with Gasteiger partial charge >= 0.3 is 0 Å². The Bertz CT molecular complexity index is 349. The fourth-order valence-corrected chi connectivity index (χ4v) is 1.98. The summed E-state index contributed by atoms with van der Waals surface area (Å²) in [5.74, 6) is 1.67. The van der Waals surface area contributed by atoms with Gasteiger partial charge in [-0.1, -0.05) is 0 Å². The van der Waals surface area contributed by atoms with Crippen molar-refractivity contribution in [1.29, 1.82) is 0 Å². The maximum absolute atomic E-state index is 5.14. The number of fused-ring (bicyclic) bond motifs is 1. The molecule has 2 rings (SSSR count). The molecule has 0 saturated heterocycles. The van der Waals surface area contributed by atoms with Crippen LogP contribution in [0.15, 0.2) is 11.2 Å². The lowest BCUT2D eigenvalue weighted by Crippen LogP contribution is -1.93. The molecule has 0 radical (unpaired) electrons. The molecule has 4 heteroatoms. The predicted molar refractivity (Wildman–Crippen MR) is 55.4 cm³/mol. The van der Waals surface area contributed by atoms with E-state index in [2.05, 4.69) is 32.6 Å². The molecule has 1 aliphatic rings. The van der Waals surface area contributed by atoms with Crippen molar-refractivity contribution in [2.24, 2.45) is 4.99 Å². The molecular formula is C8H7IN2O. The molecule has 12 heavy (non-hydrogen) atoms. The second-order valence-electron chi connectivity index (χ2n) is 2.46. The third-order valence-corrected chi connectivity index (χ3v) is 2.97. The Kier molecular flexibility index (Phi) is 2.00. The van der Waals surface area contributed by atoms with Crippen LogP contribution in [0, 0.1) is 3.57 Å². The topological polar surface area (TPSA) is 34.5 Å². The number of ether oxygens (including phenoxy) is 1. The number of aliphatic imine (C=N–C) groups is 1. The molecule has 0 unspecified atom stereocenters. The predicted octanol–water partition coefficient (Wildman–Crippen LogP) is 1.95. The van der Waals surface area contributed by atoms with Gasteiger partial charge in [0.05, 0.1) is 16.9 Å². The molecule has 0 aromatic carbocycles. The van der Waals surface area contributed by atoms with E-state index in [-0.39, 0.29) is 0 Å². The van der Waals surface area contributed by atoms with Crippen molar-refractivity contribution in [2.75, 3.05) is 7.11 Å². The molecule has 62 valence electrons. The number of rotatable bonds is 1. The van der Waals surface area contributed by atoms with Crippen molar-refractivity contribution in [2.45, 2.75) is 6.42 Å². The molecule has 0 atom stereocenters. The summed E-state index contributed by atoms with van der Waals surface area (Å²) in [5.41, 5.74) is 1.18. The molecule has 1 aliphatic heterocycles. The summed E-state index contributed by atoms with van der Waals surface area (Å²) < 4.78 is 6.27. The summed E-state index contributed by atoms with van der Waals surface area (Å²) in [6.45, 7) is 0. The fraction of sp³-hybridized carbons (Fsp3) is 0.250. The van der Waals surface area contributed by atoms with E-state index in [1.807, 2.05) is 6.21 Å². The minimum Gasteiger partial charge on any atom is -0.494 e. The second-order valence-corrected chi connectivity index (χ2v) is 3.54. The van der Waals surface area contributed by atoms with Gasteiger partial charge in [0.25, 0.3) is 0 Å².